The van der Waals surface area contributed by atoms with Crippen LogP contribution in [0.4, 0.5) is 0 Å². The molecule has 0 aromatic heterocycles. The van der Waals surface area contributed by atoms with Crippen LogP contribution in [0.5, 0.6) is 11.5 Å². The van der Waals surface area contributed by atoms with Crippen molar-refractivity contribution in [1.29, 1.82) is 0 Å². The van der Waals surface area contributed by atoms with Crippen LogP contribution in [0.15, 0.2) is 45.3 Å². The lowest BCUT2D eigenvalue weighted by atomic mass is 10.0. The lowest BCUT2D eigenvalue weighted by Crippen LogP contribution is -2.03. The third-order valence-electron chi connectivity index (χ3n) is 2.60. The van der Waals surface area contributed by atoms with Gasteiger partial charge in [0.05, 0.1) is 0 Å². The summed E-state index contributed by atoms with van der Waals surface area (Å²) in [4.78, 5) is 0. The Kier molecular flexibility index (Phi) is 2.84. The second-order valence-electron chi connectivity index (χ2n) is 3.69. The van der Waals surface area contributed by atoms with Crippen molar-refractivity contribution in [2.24, 2.45) is 0 Å². The summed E-state index contributed by atoms with van der Waals surface area (Å²) in [5, 5.41) is 0. The molecule has 2 nitrogen and oxygen atoms in total. The molecule has 3 rings (SSSR count). The Morgan fingerprint density at radius 3 is 1.71 bits per heavy atom. The monoisotopic (exact) mass is 354 g/mol. The average molecular weight is 356 g/mol. The molecule has 0 fully saturated rings. The normalized spacial score (nSPS) is 12.8. The Morgan fingerprint density at radius 2 is 1.24 bits per heavy atom. The van der Waals surface area contributed by atoms with Gasteiger partial charge in [-0.1, -0.05) is 31.9 Å². The number of hydrogen-bond acceptors (Lipinski definition) is 2. The number of hydrogen-bond donors (Lipinski definition) is 0. The quantitative estimate of drug-likeness (QED) is 0.687. The third-order valence-corrected chi connectivity index (χ3v) is 3.59. The maximum Gasteiger partial charge on any atom is 0.230 e. The Labute approximate surface area is 116 Å². The van der Waals surface area contributed by atoms with Gasteiger partial charge in [-0.15, -0.1) is 0 Å². The van der Waals surface area contributed by atoms with Gasteiger partial charge in [-0.25, -0.2) is 0 Å². The van der Waals surface area contributed by atoms with E-state index in [0.717, 1.165) is 31.6 Å². The van der Waals surface area contributed by atoms with Crippen molar-refractivity contribution >= 4 is 31.9 Å². The van der Waals surface area contributed by atoms with Crippen molar-refractivity contribution in [2.45, 2.75) is 0 Å². The minimum atomic E-state index is 0.239. The summed E-state index contributed by atoms with van der Waals surface area (Å²) in [6, 6.07) is 11.9. The zero-order valence-electron chi connectivity index (χ0n) is 8.74. The molecule has 0 atom stereocenters. The highest BCUT2D eigenvalue weighted by molar-refractivity contribution is 9.10. The van der Waals surface area contributed by atoms with Gasteiger partial charge in [0.15, 0.2) is 0 Å². The lowest BCUT2D eigenvalue weighted by Gasteiger charge is -2.07. The molecule has 0 unspecified atom stereocenters. The summed E-state index contributed by atoms with van der Waals surface area (Å²) in [6.07, 6.45) is 0. The zero-order valence-corrected chi connectivity index (χ0v) is 11.9. The van der Waals surface area contributed by atoms with Crippen molar-refractivity contribution in [1.82, 2.24) is 0 Å². The number of fused-ring (bicyclic) bond motifs is 3. The first kappa shape index (κ1) is 11.1. The van der Waals surface area contributed by atoms with Crippen LogP contribution in [-0.2, 0) is 0 Å². The summed E-state index contributed by atoms with van der Waals surface area (Å²) >= 11 is 6.96. The predicted octanol–water partition coefficient (Wildman–Crippen LogP) is 4.61. The van der Waals surface area contributed by atoms with E-state index in [2.05, 4.69) is 31.9 Å². The molecule has 2 aromatic carbocycles. The fourth-order valence-corrected chi connectivity index (χ4v) is 2.56. The van der Waals surface area contributed by atoms with Gasteiger partial charge in [-0.2, -0.15) is 0 Å². The number of ether oxygens (including phenoxy) is 2. The zero-order chi connectivity index (χ0) is 11.8. The van der Waals surface area contributed by atoms with E-state index < -0.39 is 0 Å². The molecule has 0 spiro atoms. The lowest BCUT2D eigenvalue weighted by molar-refractivity contribution is 0.125. The molecule has 1 aliphatic rings. The van der Waals surface area contributed by atoms with Gasteiger partial charge in [0.25, 0.3) is 0 Å². The van der Waals surface area contributed by atoms with E-state index in [9.17, 15) is 0 Å². The second kappa shape index (κ2) is 4.35. The molecule has 2 aromatic rings. The molecule has 0 aliphatic carbocycles. The highest BCUT2D eigenvalue weighted by Crippen LogP contribution is 2.41. The van der Waals surface area contributed by atoms with Gasteiger partial charge in [0, 0.05) is 20.1 Å². The van der Waals surface area contributed by atoms with Gasteiger partial charge in [0.2, 0.25) is 6.79 Å². The van der Waals surface area contributed by atoms with Gasteiger partial charge in [-0.3, -0.25) is 0 Å². The first-order valence-corrected chi connectivity index (χ1v) is 6.68. The van der Waals surface area contributed by atoms with Crippen LogP contribution >= 0.6 is 31.9 Å². The molecule has 0 amide bonds. The second-order valence-corrected chi connectivity index (χ2v) is 5.52. The van der Waals surface area contributed by atoms with Gasteiger partial charge < -0.3 is 9.47 Å². The molecular formula is C13H8Br2O2. The van der Waals surface area contributed by atoms with Gasteiger partial charge in [0.1, 0.15) is 11.5 Å². The van der Waals surface area contributed by atoms with Crippen LogP contribution in [0.1, 0.15) is 0 Å². The van der Waals surface area contributed by atoms with Crippen LogP contribution in [-0.4, -0.2) is 6.79 Å². The Hall–Kier alpha value is -1.00. The van der Waals surface area contributed by atoms with E-state index in [1.165, 1.54) is 0 Å². The maximum atomic E-state index is 5.57. The van der Waals surface area contributed by atoms with E-state index in [1.807, 2.05) is 36.4 Å². The molecule has 4 heteroatoms. The van der Waals surface area contributed by atoms with Crippen LogP contribution in [0, 0.1) is 0 Å². The third kappa shape index (κ3) is 2.07. The number of benzene rings is 2. The molecule has 17 heavy (non-hydrogen) atoms. The van der Waals surface area contributed by atoms with E-state index in [-0.39, 0.29) is 6.79 Å². The largest absolute Gasteiger partial charge is 0.457 e. The van der Waals surface area contributed by atoms with Crippen molar-refractivity contribution in [3.8, 4) is 22.6 Å². The fraction of sp³-hybridized carbons (Fsp3) is 0.0769. The Bertz CT molecular complexity index is 530. The molecule has 1 aliphatic heterocycles. The maximum absolute atomic E-state index is 5.57. The Morgan fingerprint density at radius 1 is 0.765 bits per heavy atom. The van der Waals surface area contributed by atoms with Gasteiger partial charge >= 0.3 is 0 Å². The van der Waals surface area contributed by atoms with Crippen LogP contribution in [0.3, 0.4) is 0 Å². The standard InChI is InChI=1S/C13H8Br2O2/c14-8-1-3-12-10(5-8)11-6-9(15)2-4-13(11)17-7-16-12/h1-6H,7H2. The van der Waals surface area contributed by atoms with E-state index in [4.69, 9.17) is 9.47 Å². The van der Waals surface area contributed by atoms with Crippen LogP contribution in [0.2, 0.25) is 0 Å². The molecule has 0 bridgehead atoms. The van der Waals surface area contributed by atoms with Gasteiger partial charge in [-0.05, 0) is 36.4 Å². The molecule has 0 radical (unpaired) electrons. The predicted molar refractivity (Wildman–Crippen MR) is 73.4 cm³/mol. The highest BCUT2D eigenvalue weighted by Gasteiger charge is 2.16. The van der Waals surface area contributed by atoms with E-state index in [1.54, 1.807) is 0 Å². The van der Waals surface area contributed by atoms with Crippen LogP contribution < -0.4 is 9.47 Å². The van der Waals surface area contributed by atoms with Crippen molar-refractivity contribution in [2.75, 3.05) is 6.79 Å². The summed E-state index contributed by atoms with van der Waals surface area (Å²) in [5.74, 6) is 1.68. The minimum absolute atomic E-state index is 0.239. The number of rotatable bonds is 0. The first-order valence-electron chi connectivity index (χ1n) is 5.09. The molecule has 0 saturated carbocycles. The minimum Gasteiger partial charge on any atom is -0.457 e. The van der Waals surface area contributed by atoms with E-state index in [0.29, 0.717) is 0 Å². The Balaban J connectivity index is 2.28. The summed E-state index contributed by atoms with van der Waals surface area (Å²) in [7, 11) is 0. The molecule has 0 saturated heterocycles. The van der Waals surface area contributed by atoms with Crippen molar-refractivity contribution < 1.29 is 9.47 Å². The molecule has 86 valence electrons. The molecule has 1 heterocycles. The first-order chi connectivity index (χ1) is 8.24. The molecule has 0 N–H and O–H groups in total. The summed E-state index contributed by atoms with van der Waals surface area (Å²) in [6.45, 7) is 0.239. The SMILES string of the molecule is Brc1ccc2c(c1)-c1cc(Br)ccc1OCO2. The highest BCUT2D eigenvalue weighted by atomic mass is 79.9. The fourth-order valence-electron chi connectivity index (χ4n) is 1.83. The van der Waals surface area contributed by atoms with Crippen molar-refractivity contribution in [3.05, 3.63) is 45.3 Å². The van der Waals surface area contributed by atoms with Crippen molar-refractivity contribution in [3.63, 3.8) is 0 Å². The topological polar surface area (TPSA) is 18.5 Å². The van der Waals surface area contributed by atoms with E-state index >= 15 is 0 Å². The average Bonchev–Trinajstić information content (AvgIpc) is 2.48. The van der Waals surface area contributed by atoms with Crippen LogP contribution in [0.25, 0.3) is 11.1 Å². The summed E-state index contributed by atoms with van der Waals surface area (Å²) in [5.41, 5.74) is 2.07. The summed E-state index contributed by atoms with van der Waals surface area (Å²) < 4.78 is 13.2. The smallest absolute Gasteiger partial charge is 0.230 e. The number of halogens is 2. The molecular weight excluding hydrogens is 348 g/mol.